The van der Waals surface area contributed by atoms with Gasteiger partial charge in [0, 0.05) is 18.5 Å². The molecule has 4 heteroatoms. The van der Waals surface area contributed by atoms with Crippen LogP contribution < -0.4 is 5.32 Å². The van der Waals surface area contributed by atoms with Gasteiger partial charge in [-0.25, -0.2) is 0 Å². The van der Waals surface area contributed by atoms with Crippen molar-refractivity contribution >= 4 is 11.4 Å². The van der Waals surface area contributed by atoms with Gasteiger partial charge in [-0.3, -0.25) is 10.1 Å². The Bertz CT molecular complexity index is 474. The zero-order chi connectivity index (χ0) is 15.1. The van der Waals surface area contributed by atoms with Crippen molar-refractivity contribution in [3.63, 3.8) is 0 Å². The Morgan fingerprint density at radius 1 is 1.19 bits per heavy atom. The van der Waals surface area contributed by atoms with Gasteiger partial charge in [0.25, 0.3) is 5.69 Å². The number of unbranched alkanes of at least 4 members (excludes halogenated alkanes) is 6. The molecule has 2 rings (SSSR count). The quantitative estimate of drug-likeness (QED) is 0.384. The molecule has 0 spiro atoms. The third kappa shape index (κ3) is 4.19. The van der Waals surface area contributed by atoms with Crippen molar-refractivity contribution in [1.82, 2.24) is 0 Å². The number of rotatable bonds is 9. The van der Waals surface area contributed by atoms with E-state index in [9.17, 15) is 10.1 Å². The van der Waals surface area contributed by atoms with Crippen LogP contribution >= 0.6 is 0 Å². The van der Waals surface area contributed by atoms with Crippen LogP contribution in [0.4, 0.5) is 11.4 Å². The highest BCUT2D eigenvalue weighted by molar-refractivity contribution is 5.70. The zero-order valence-electron chi connectivity index (χ0n) is 12.9. The number of nitro groups is 1. The van der Waals surface area contributed by atoms with E-state index in [0.29, 0.717) is 5.92 Å². The van der Waals surface area contributed by atoms with Crippen molar-refractivity contribution in [3.05, 3.63) is 33.9 Å². The predicted octanol–water partition coefficient (Wildman–Crippen LogP) is 5.24. The highest BCUT2D eigenvalue weighted by Gasteiger charge is 2.27. The fourth-order valence-corrected chi connectivity index (χ4v) is 3.18. The Morgan fingerprint density at radius 2 is 1.90 bits per heavy atom. The van der Waals surface area contributed by atoms with Crippen molar-refractivity contribution in [1.29, 1.82) is 0 Å². The summed E-state index contributed by atoms with van der Waals surface area (Å²) in [5, 5.41) is 14.2. The lowest BCUT2D eigenvalue weighted by Crippen LogP contribution is -2.01. The molecule has 1 aromatic rings. The third-order valence-electron chi connectivity index (χ3n) is 4.39. The minimum absolute atomic E-state index is 0.217. The largest absolute Gasteiger partial charge is 0.379 e. The molecule has 1 heterocycles. The Morgan fingerprint density at radius 3 is 2.62 bits per heavy atom. The molecule has 21 heavy (non-hydrogen) atoms. The van der Waals surface area contributed by atoms with E-state index in [1.807, 2.05) is 12.1 Å². The van der Waals surface area contributed by atoms with Gasteiger partial charge in [0.1, 0.15) is 5.69 Å². The summed E-state index contributed by atoms with van der Waals surface area (Å²) < 4.78 is 0. The molecule has 1 aliphatic rings. The highest BCUT2D eigenvalue weighted by atomic mass is 16.6. The van der Waals surface area contributed by atoms with E-state index < -0.39 is 0 Å². The molecule has 0 radical (unpaired) electrons. The number of hydrogen-bond donors (Lipinski definition) is 1. The van der Waals surface area contributed by atoms with Crippen molar-refractivity contribution in [2.75, 3.05) is 11.9 Å². The monoisotopic (exact) mass is 290 g/mol. The summed E-state index contributed by atoms with van der Waals surface area (Å²) in [6.07, 6.45) is 10.3. The standard InChI is InChI=1S/C17H26N2O2/c1-2-3-4-5-6-7-8-10-14-13-18-17-15(14)11-9-12-16(17)19(20)21/h9,11-12,14,18H,2-8,10,13H2,1H3. The van der Waals surface area contributed by atoms with Gasteiger partial charge in [-0.2, -0.15) is 0 Å². The number of fused-ring (bicyclic) bond motifs is 1. The zero-order valence-corrected chi connectivity index (χ0v) is 12.9. The molecule has 1 atom stereocenters. The maximum atomic E-state index is 11.0. The van der Waals surface area contributed by atoms with Crippen molar-refractivity contribution in [3.8, 4) is 0 Å². The molecular weight excluding hydrogens is 264 g/mol. The van der Waals surface area contributed by atoms with Gasteiger partial charge in [0.15, 0.2) is 0 Å². The van der Waals surface area contributed by atoms with E-state index in [1.165, 1.54) is 44.9 Å². The first-order valence-corrected chi connectivity index (χ1v) is 8.25. The summed E-state index contributed by atoms with van der Waals surface area (Å²) in [4.78, 5) is 10.7. The van der Waals surface area contributed by atoms with E-state index in [4.69, 9.17) is 0 Å². The molecule has 1 unspecified atom stereocenters. The number of nitrogens with one attached hydrogen (secondary N) is 1. The Hall–Kier alpha value is -1.58. The summed E-state index contributed by atoms with van der Waals surface area (Å²) in [7, 11) is 0. The van der Waals surface area contributed by atoms with Crippen LogP contribution in [0.5, 0.6) is 0 Å². The number of nitro benzene ring substituents is 1. The normalized spacial score (nSPS) is 16.5. The van der Waals surface area contributed by atoms with Crippen LogP contribution in [0.25, 0.3) is 0 Å². The smallest absolute Gasteiger partial charge is 0.292 e. The van der Waals surface area contributed by atoms with Crippen molar-refractivity contribution < 1.29 is 4.92 Å². The van der Waals surface area contributed by atoms with Gasteiger partial charge >= 0.3 is 0 Å². The average Bonchev–Trinajstić information content (AvgIpc) is 2.89. The second kappa shape index (κ2) is 8.01. The first-order chi connectivity index (χ1) is 10.2. The first-order valence-electron chi connectivity index (χ1n) is 8.25. The second-order valence-corrected chi connectivity index (χ2v) is 5.99. The number of nitrogens with zero attached hydrogens (tertiary/aromatic N) is 1. The Kier molecular flexibility index (Phi) is 6.03. The van der Waals surface area contributed by atoms with Crippen LogP contribution in [0.1, 0.15) is 69.8 Å². The Balaban J connectivity index is 1.78. The lowest BCUT2D eigenvalue weighted by atomic mass is 9.94. The lowest BCUT2D eigenvalue weighted by molar-refractivity contribution is -0.383. The van der Waals surface area contributed by atoms with Crippen LogP contribution in [0.2, 0.25) is 0 Å². The summed E-state index contributed by atoms with van der Waals surface area (Å²) in [6.45, 7) is 3.08. The van der Waals surface area contributed by atoms with Crippen molar-refractivity contribution in [2.24, 2.45) is 0 Å². The predicted molar refractivity (Wildman–Crippen MR) is 86.9 cm³/mol. The summed E-state index contributed by atoms with van der Waals surface area (Å²) in [5.41, 5.74) is 2.10. The van der Waals surface area contributed by atoms with E-state index in [0.717, 1.165) is 24.2 Å². The van der Waals surface area contributed by atoms with Gasteiger partial charge < -0.3 is 5.32 Å². The van der Waals surface area contributed by atoms with E-state index in [1.54, 1.807) is 6.07 Å². The summed E-state index contributed by atoms with van der Waals surface area (Å²) >= 11 is 0. The summed E-state index contributed by atoms with van der Waals surface area (Å²) in [6, 6.07) is 5.43. The molecule has 0 bridgehead atoms. The van der Waals surface area contributed by atoms with Gasteiger partial charge in [0.2, 0.25) is 0 Å². The molecule has 1 N–H and O–H groups in total. The van der Waals surface area contributed by atoms with Gasteiger partial charge in [-0.1, -0.05) is 64.0 Å². The van der Waals surface area contributed by atoms with Crippen molar-refractivity contribution in [2.45, 2.75) is 64.2 Å². The summed E-state index contributed by atoms with van der Waals surface area (Å²) in [5.74, 6) is 0.440. The van der Waals surface area contributed by atoms with Crippen LogP contribution in [0.15, 0.2) is 18.2 Å². The molecular formula is C17H26N2O2. The van der Waals surface area contributed by atoms with Gasteiger partial charge in [-0.05, 0) is 12.0 Å². The molecule has 4 nitrogen and oxygen atoms in total. The molecule has 0 amide bonds. The molecule has 1 aliphatic heterocycles. The molecule has 1 aromatic carbocycles. The van der Waals surface area contributed by atoms with Crippen LogP contribution in [0.3, 0.4) is 0 Å². The van der Waals surface area contributed by atoms with Crippen LogP contribution in [0, 0.1) is 10.1 Å². The first kappa shape index (κ1) is 15.8. The average molecular weight is 290 g/mol. The van der Waals surface area contributed by atoms with Crippen LogP contribution in [-0.4, -0.2) is 11.5 Å². The topological polar surface area (TPSA) is 55.2 Å². The van der Waals surface area contributed by atoms with Gasteiger partial charge in [0.05, 0.1) is 4.92 Å². The maximum absolute atomic E-state index is 11.0. The maximum Gasteiger partial charge on any atom is 0.292 e. The Labute approximate surface area is 127 Å². The molecule has 0 aliphatic carbocycles. The number of hydrogen-bond acceptors (Lipinski definition) is 3. The third-order valence-corrected chi connectivity index (χ3v) is 4.39. The van der Waals surface area contributed by atoms with E-state index in [2.05, 4.69) is 12.2 Å². The molecule has 0 saturated heterocycles. The molecule has 0 saturated carbocycles. The van der Waals surface area contributed by atoms with E-state index in [-0.39, 0.29) is 10.6 Å². The molecule has 116 valence electrons. The fraction of sp³-hybridized carbons (Fsp3) is 0.647. The van der Waals surface area contributed by atoms with Gasteiger partial charge in [-0.15, -0.1) is 0 Å². The number of anilines is 1. The lowest BCUT2D eigenvalue weighted by Gasteiger charge is -2.09. The van der Waals surface area contributed by atoms with E-state index >= 15 is 0 Å². The number of para-hydroxylation sites is 1. The second-order valence-electron chi connectivity index (χ2n) is 5.99. The fourth-order valence-electron chi connectivity index (χ4n) is 3.18. The molecule has 0 aromatic heterocycles. The number of benzene rings is 1. The minimum atomic E-state index is -0.290. The van der Waals surface area contributed by atoms with Crippen LogP contribution in [-0.2, 0) is 0 Å². The SMILES string of the molecule is CCCCCCCCCC1CNc2c1cccc2[N+](=O)[O-]. The minimum Gasteiger partial charge on any atom is -0.379 e. The highest BCUT2D eigenvalue weighted by Crippen LogP contribution is 2.40. The molecule has 0 fully saturated rings.